The van der Waals surface area contributed by atoms with Crippen LogP contribution in [0.1, 0.15) is 46.0 Å². The highest BCUT2D eigenvalue weighted by Gasteiger charge is 2.41. The number of ether oxygens (including phenoxy) is 1. The van der Waals surface area contributed by atoms with Gasteiger partial charge in [0.15, 0.2) is 0 Å². The molecule has 0 aromatic heterocycles. The number of hydrogen-bond acceptors (Lipinski definition) is 3. The van der Waals surface area contributed by atoms with Crippen molar-refractivity contribution >= 4 is 5.91 Å². The predicted molar refractivity (Wildman–Crippen MR) is 89.8 cm³/mol. The molecule has 2 heterocycles. The Morgan fingerprint density at radius 1 is 1.27 bits per heavy atom. The van der Waals surface area contributed by atoms with E-state index in [2.05, 4.69) is 24.8 Å². The van der Waals surface area contributed by atoms with Crippen molar-refractivity contribution in [2.45, 2.75) is 46.0 Å². The molecule has 1 spiro atoms. The minimum Gasteiger partial charge on any atom is -0.383 e. The minimum absolute atomic E-state index is 0.310. The molecule has 0 saturated carbocycles. The summed E-state index contributed by atoms with van der Waals surface area (Å²) >= 11 is 0. The summed E-state index contributed by atoms with van der Waals surface area (Å²) in [5.41, 5.74) is 1.73. The van der Waals surface area contributed by atoms with Crippen LogP contribution in [0.2, 0.25) is 0 Å². The Balaban J connectivity index is 1.91. The van der Waals surface area contributed by atoms with Gasteiger partial charge < -0.3 is 14.5 Å². The lowest BCUT2D eigenvalue weighted by molar-refractivity contribution is -0.140. The summed E-state index contributed by atoms with van der Waals surface area (Å²) in [6, 6.07) is 0. The second-order valence-corrected chi connectivity index (χ2v) is 7.26. The number of carbonyl (C=O) groups excluding carboxylic acids is 1. The summed E-state index contributed by atoms with van der Waals surface area (Å²) in [6.07, 6.45) is 7.78. The third-order valence-corrected chi connectivity index (χ3v) is 5.05. The monoisotopic (exact) mass is 308 g/mol. The summed E-state index contributed by atoms with van der Waals surface area (Å²) in [4.78, 5) is 16.7. The van der Waals surface area contributed by atoms with E-state index in [-0.39, 0.29) is 0 Å². The standard InChI is InChI=1S/C18H32N2O2/c1-16(2)6-4-10-19-11-5-8-18(14-19)9-7-17(21)20(15-18)12-13-22-3/h6H,4-5,7-15H2,1-3H3/t18-/m0/s1. The van der Waals surface area contributed by atoms with E-state index in [1.807, 2.05) is 4.90 Å². The SMILES string of the molecule is COCCN1C[C@@]2(CCCN(CCC=C(C)C)C2)CCC1=O. The Morgan fingerprint density at radius 2 is 2.09 bits per heavy atom. The average Bonchev–Trinajstić information content (AvgIpc) is 2.48. The Labute approximate surface area is 135 Å². The van der Waals surface area contributed by atoms with E-state index in [4.69, 9.17) is 4.74 Å². The fraction of sp³-hybridized carbons (Fsp3) is 0.833. The maximum atomic E-state index is 12.1. The molecule has 2 rings (SSSR count). The first-order chi connectivity index (χ1) is 10.5. The van der Waals surface area contributed by atoms with Crippen LogP contribution in [-0.4, -0.2) is 62.1 Å². The molecule has 4 heteroatoms. The van der Waals surface area contributed by atoms with Gasteiger partial charge in [0.05, 0.1) is 6.61 Å². The second kappa shape index (κ2) is 8.11. The number of methoxy groups -OCH3 is 1. The molecule has 2 aliphatic heterocycles. The van der Waals surface area contributed by atoms with Crippen molar-refractivity contribution in [1.29, 1.82) is 0 Å². The molecule has 1 atom stereocenters. The zero-order chi connectivity index (χ0) is 16.0. The highest BCUT2D eigenvalue weighted by Crippen LogP contribution is 2.38. The number of rotatable bonds is 6. The summed E-state index contributed by atoms with van der Waals surface area (Å²) in [5.74, 6) is 0.310. The molecule has 1 amide bonds. The summed E-state index contributed by atoms with van der Waals surface area (Å²) < 4.78 is 5.15. The minimum atomic E-state index is 0.310. The zero-order valence-corrected chi connectivity index (χ0v) is 14.6. The Kier molecular flexibility index (Phi) is 6.45. The summed E-state index contributed by atoms with van der Waals surface area (Å²) in [5, 5.41) is 0. The number of amides is 1. The molecule has 0 radical (unpaired) electrons. The molecule has 2 saturated heterocycles. The highest BCUT2D eigenvalue weighted by molar-refractivity contribution is 5.77. The lowest BCUT2D eigenvalue weighted by atomic mass is 9.73. The first-order valence-corrected chi connectivity index (χ1v) is 8.67. The van der Waals surface area contributed by atoms with Crippen molar-refractivity contribution in [2.75, 3.05) is 46.4 Å². The van der Waals surface area contributed by atoms with Crippen molar-refractivity contribution in [2.24, 2.45) is 5.41 Å². The molecular formula is C18H32N2O2. The van der Waals surface area contributed by atoms with Crippen molar-refractivity contribution in [3.8, 4) is 0 Å². The fourth-order valence-corrected chi connectivity index (χ4v) is 3.88. The molecule has 22 heavy (non-hydrogen) atoms. The Morgan fingerprint density at radius 3 is 2.82 bits per heavy atom. The van der Waals surface area contributed by atoms with Crippen LogP contribution in [0.15, 0.2) is 11.6 Å². The van der Waals surface area contributed by atoms with Crippen LogP contribution in [0.5, 0.6) is 0 Å². The smallest absolute Gasteiger partial charge is 0.222 e. The molecule has 2 fully saturated rings. The van der Waals surface area contributed by atoms with Gasteiger partial charge in [0, 0.05) is 45.1 Å². The van der Waals surface area contributed by atoms with Crippen molar-refractivity contribution < 1.29 is 9.53 Å². The summed E-state index contributed by atoms with van der Waals surface area (Å²) in [6.45, 7) is 10.2. The van der Waals surface area contributed by atoms with Crippen LogP contribution < -0.4 is 0 Å². The number of allylic oxidation sites excluding steroid dienone is 1. The normalized spacial score (nSPS) is 26.5. The molecule has 0 aliphatic carbocycles. The van der Waals surface area contributed by atoms with E-state index in [0.29, 0.717) is 24.3 Å². The zero-order valence-electron chi connectivity index (χ0n) is 14.6. The van der Waals surface area contributed by atoms with E-state index < -0.39 is 0 Å². The van der Waals surface area contributed by atoms with Crippen LogP contribution >= 0.6 is 0 Å². The maximum absolute atomic E-state index is 12.1. The van der Waals surface area contributed by atoms with E-state index in [9.17, 15) is 4.79 Å². The fourth-order valence-electron chi connectivity index (χ4n) is 3.88. The van der Waals surface area contributed by atoms with Gasteiger partial charge in [-0.3, -0.25) is 4.79 Å². The third-order valence-electron chi connectivity index (χ3n) is 5.05. The Bertz CT molecular complexity index is 404. The maximum Gasteiger partial charge on any atom is 0.222 e. The lowest BCUT2D eigenvalue weighted by Gasteiger charge is -2.48. The molecule has 0 bridgehead atoms. The average molecular weight is 308 g/mol. The lowest BCUT2D eigenvalue weighted by Crippen LogP contribution is -2.54. The predicted octanol–water partition coefficient (Wildman–Crippen LogP) is 2.69. The number of nitrogens with zero attached hydrogens (tertiary/aromatic N) is 2. The van der Waals surface area contributed by atoms with Crippen LogP contribution in [0, 0.1) is 5.41 Å². The van der Waals surface area contributed by atoms with Gasteiger partial charge in [-0.25, -0.2) is 0 Å². The second-order valence-electron chi connectivity index (χ2n) is 7.26. The number of piperidine rings is 2. The third kappa shape index (κ3) is 4.82. The molecule has 4 nitrogen and oxygen atoms in total. The quantitative estimate of drug-likeness (QED) is 0.707. The van der Waals surface area contributed by atoms with Gasteiger partial charge in [0.25, 0.3) is 0 Å². The van der Waals surface area contributed by atoms with Crippen LogP contribution in [-0.2, 0) is 9.53 Å². The van der Waals surface area contributed by atoms with Crippen LogP contribution in [0.25, 0.3) is 0 Å². The van der Waals surface area contributed by atoms with Crippen LogP contribution in [0.4, 0.5) is 0 Å². The van der Waals surface area contributed by atoms with Crippen LogP contribution in [0.3, 0.4) is 0 Å². The molecule has 126 valence electrons. The van der Waals surface area contributed by atoms with Gasteiger partial charge in [-0.1, -0.05) is 11.6 Å². The topological polar surface area (TPSA) is 32.8 Å². The molecule has 2 aliphatic rings. The van der Waals surface area contributed by atoms with Gasteiger partial charge in [0.1, 0.15) is 0 Å². The van der Waals surface area contributed by atoms with E-state index >= 15 is 0 Å². The molecule has 0 aromatic rings. The largest absolute Gasteiger partial charge is 0.383 e. The number of hydrogen-bond donors (Lipinski definition) is 0. The molecular weight excluding hydrogens is 276 g/mol. The van der Waals surface area contributed by atoms with Gasteiger partial charge in [-0.15, -0.1) is 0 Å². The van der Waals surface area contributed by atoms with Gasteiger partial charge >= 0.3 is 0 Å². The van der Waals surface area contributed by atoms with E-state index in [0.717, 1.165) is 39.0 Å². The summed E-state index contributed by atoms with van der Waals surface area (Å²) in [7, 11) is 1.70. The first-order valence-electron chi connectivity index (χ1n) is 8.67. The van der Waals surface area contributed by atoms with Gasteiger partial charge in [-0.2, -0.15) is 0 Å². The number of carbonyl (C=O) groups is 1. The number of likely N-dealkylation sites (tertiary alicyclic amines) is 2. The molecule has 0 N–H and O–H groups in total. The van der Waals surface area contributed by atoms with Crippen molar-refractivity contribution in [3.63, 3.8) is 0 Å². The Hall–Kier alpha value is -0.870. The van der Waals surface area contributed by atoms with Gasteiger partial charge in [0.2, 0.25) is 5.91 Å². The highest BCUT2D eigenvalue weighted by atomic mass is 16.5. The first kappa shape index (κ1) is 17.5. The molecule has 0 unspecified atom stereocenters. The van der Waals surface area contributed by atoms with E-state index in [1.54, 1.807) is 7.11 Å². The van der Waals surface area contributed by atoms with Gasteiger partial charge in [-0.05, 0) is 46.1 Å². The van der Waals surface area contributed by atoms with Crippen molar-refractivity contribution in [1.82, 2.24) is 9.80 Å². The molecule has 0 aromatic carbocycles. The van der Waals surface area contributed by atoms with Crippen molar-refractivity contribution in [3.05, 3.63) is 11.6 Å². The van der Waals surface area contributed by atoms with E-state index in [1.165, 1.54) is 25.0 Å².